The summed E-state index contributed by atoms with van der Waals surface area (Å²) in [7, 11) is 0. The number of nitrogens with two attached hydrogens (primary N) is 1. The van der Waals surface area contributed by atoms with E-state index >= 15 is 0 Å². The molecule has 1 aromatic heterocycles. The first-order valence-electron chi connectivity index (χ1n) is 5.17. The lowest BCUT2D eigenvalue weighted by atomic mass is 10.1. The van der Waals surface area contributed by atoms with Gasteiger partial charge in [0.2, 0.25) is 0 Å². The average Bonchev–Trinajstić information content (AvgIpc) is 2.22. The summed E-state index contributed by atoms with van der Waals surface area (Å²) in [4.78, 5) is 11.6. The fourth-order valence-corrected chi connectivity index (χ4v) is 1.66. The molecule has 0 aliphatic heterocycles. The van der Waals surface area contributed by atoms with Gasteiger partial charge < -0.3 is 10.3 Å². The molecular formula is C13H14N2O. The molecular weight excluding hydrogens is 200 g/mol. The summed E-state index contributed by atoms with van der Waals surface area (Å²) in [6.45, 7) is 2.62. The van der Waals surface area contributed by atoms with Crippen LogP contribution in [0.3, 0.4) is 0 Å². The van der Waals surface area contributed by atoms with Gasteiger partial charge in [-0.15, -0.1) is 0 Å². The number of aryl methyl sites for hydroxylation is 1. The van der Waals surface area contributed by atoms with Crippen molar-refractivity contribution in [3.05, 3.63) is 64.1 Å². The fourth-order valence-electron chi connectivity index (χ4n) is 1.66. The van der Waals surface area contributed by atoms with Gasteiger partial charge in [-0.2, -0.15) is 0 Å². The molecule has 0 spiro atoms. The van der Waals surface area contributed by atoms with Gasteiger partial charge in [-0.05, 0) is 18.6 Å². The Labute approximate surface area is 94.1 Å². The normalized spacial score (nSPS) is 10.3. The molecule has 3 nitrogen and oxygen atoms in total. The molecule has 2 N–H and O–H groups in total. The van der Waals surface area contributed by atoms with Crippen LogP contribution in [0.5, 0.6) is 0 Å². The molecule has 0 aliphatic rings. The van der Waals surface area contributed by atoms with Gasteiger partial charge in [0.25, 0.3) is 5.56 Å². The molecule has 3 heteroatoms. The van der Waals surface area contributed by atoms with Crippen molar-refractivity contribution in [3.8, 4) is 0 Å². The lowest BCUT2D eigenvalue weighted by molar-refractivity contribution is 0.760. The third-order valence-corrected chi connectivity index (χ3v) is 2.46. The summed E-state index contributed by atoms with van der Waals surface area (Å²) in [5.74, 6) is 0. The molecule has 0 bridgehead atoms. The number of pyridine rings is 1. The van der Waals surface area contributed by atoms with Gasteiger partial charge in [0, 0.05) is 18.0 Å². The van der Waals surface area contributed by atoms with Crippen LogP contribution in [0, 0.1) is 6.92 Å². The van der Waals surface area contributed by atoms with E-state index in [1.807, 2.05) is 25.1 Å². The number of rotatable bonds is 2. The zero-order valence-electron chi connectivity index (χ0n) is 9.18. The number of aromatic nitrogens is 1. The Morgan fingerprint density at radius 1 is 1.25 bits per heavy atom. The van der Waals surface area contributed by atoms with Gasteiger partial charge in [-0.3, -0.25) is 4.79 Å². The second kappa shape index (κ2) is 4.23. The number of nitrogen functional groups attached to an aromatic ring is 1. The molecule has 0 unspecified atom stereocenters. The maximum Gasteiger partial charge on any atom is 0.252 e. The summed E-state index contributed by atoms with van der Waals surface area (Å²) in [6, 6.07) is 11.3. The van der Waals surface area contributed by atoms with E-state index in [0.29, 0.717) is 12.2 Å². The molecule has 82 valence electrons. The van der Waals surface area contributed by atoms with Crippen molar-refractivity contribution in [2.24, 2.45) is 0 Å². The minimum atomic E-state index is -0.0680. The Hall–Kier alpha value is -2.03. The molecule has 0 aliphatic carbocycles. The molecule has 0 atom stereocenters. The van der Waals surface area contributed by atoms with Crippen molar-refractivity contribution in [2.75, 3.05) is 5.73 Å². The Kier molecular flexibility index (Phi) is 2.77. The van der Waals surface area contributed by atoms with Gasteiger partial charge >= 0.3 is 0 Å². The number of benzene rings is 1. The van der Waals surface area contributed by atoms with Crippen molar-refractivity contribution in [3.63, 3.8) is 0 Å². The SMILES string of the molecule is Cc1cccc(Cn2ccc(N)cc2=O)c1. The largest absolute Gasteiger partial charge is 0.399 e. The van der Waals surface area contributed by atoms with Gasteiger partial charge in [0.05, 0.1) is 6.54 Å². The van der Waals surface area contributed by atoms with Crippen molar-refractivity contribution in [2.45, 2.75) is 13.5 Å². The van der Waals surface area contributed by atoms with E-state index < -0.39 is 0 Å². The van der Waals surface area contributed by atoms with Crippen LogP contribution in [0.15, 0.2) is 47.4 Å². The topological polar surface area (TPSA) is 48.0 Å². The van der Waals surface area contributed by atoms with Gasteiger partial charge in [0.15, 0.2) is 0 Å². The predicted octanol–water partition coefficient (Wildman–Crippen LogP) is 1.79. The Bertz CT molecular complexity index is 558. The Morgan fingerprint density at radius 2 is 2.06 bits per heavy atom. The smallest absolute Gasteiger partial charge is 0.252 e. The zero-order valence-corrected chi connectivity index (χ0v) is 9.18. The second-order valence-electron chi connectivity index (χ2n) is 3.92. The van der Waals surface area contributed by atoms with E-state index in [9.17, 15) is 4.79 Å². The van der Waals surface area contributed by atoms with Crippen LogP contribution in [0.2, 0.25) is 0 Å². The molecule has 0 amide bonds. The molecule has 0 fully saturated rings. The molecule has 2 rings (SSSR count). The predicted molar refractivity (Wildman–Crippen MR) is 65.4 cm³/mol. The standard InChI is InChI=1S/C13H14N2O/c1-10-3-2-4-11(7-10)9-15-6-5-12(14)8-13(15)16/h2-8H,9,14H2,1H3. The van der Waals surface area contributed by atoms with Crippen LogP contribution < -0.4 is 11.3 Å². The quantitative estimate of drug-likeness (QED) is 0.828. The highest BCUT2D eigenvalue weighted by atomic mass is 16.1. The van der Waals surface area contributed by atoms with E-state index in [-0.39, 0.29) is 5.56 Å². The monoisotopic (exact) mass is 214 g/mol. The summed E-state index contributed by atoms with van der Waals surface area (Å²) >= 11 is 0. The molecule has 0 saturated heterocycles. The van der Waals surface area contributed by atoms with Crippen LogP contribution >= 0.6 is 0 Å². The highest BCUT2D eigenvalue weighted by Gasteiger charge is 1.98. The summed E-state index contributed by atoms with van der Waals surface area (Å²) in [5.41, 5.74) is 8.28. The first-order valence-corrected chi connectivity index (χ1v) is 5.17. The van der Waals surface area contributed by atoms with Crippen molar-refractivity contribution < 1.29 is 0 Å². The summed E-state index contributed by atoms with van der Waals surface area (Å²) in [6.07, 6.45) is 1.72. The van der Waals surface area contributed by atoms with Crippen LogP contribution in [0.25, 0.3) is 0 Å². The number of nitrogens with zero attached hydrogens (tertiary/aromatic N) is 1. The Balaban J connectivity index is 2.31. The highest BCUT2D eigenvalue weighted by molar-refractivity contribution is 5.34. The van der Waals surface area contributed by atoms with E-state index in [2.05, 4.69) is 6.07 Å². The highest BCUT2D eigenvalue weighted by Crippen LogP contribution is 2.05. The van der Waals surface area contributed by atoms with Gasteiger partial charge in [-0.1, -0.05) is 29.8 Å². The lowest BCUT2D eigenvalue weighted by Crippen LogP contribution is -2.19. The minimum absolute atomic E-state index is 0.0680. The molecule has 2 aromatic rings. The maximum atomic E-state index is 11.6. The molecule has 1 aromatic carbocycles. The van der Waals surface area contributed by atoms with Crippen LogP contribution in [-0.2, 0) is 6.54 Å². The fraction of sp³-hybridized carbons (Fsp3) is 0.154. The van der Waals surface area contributed by atoms with Crippen molar-refractivity contribution in [1.82, 2.24) is 4.57 Å². The van der Waals surface area contributed by atoms with Crippen molar-refractivity contribution in [1.29, 1.82) is 0 Å². The van der Waals surface area contributed by atoms with Crippen LogP contribution in [-0.4, -0.2) is 4.57 Å². The minimum Gasteiger partial charge on any atom is -0.399 e. The Morgan fingerprint density at radius 3 is 2.75 bits per heavy atom. The number of hydrogen-bond acceptors (Lipinski definition) is 2. The van der Waals surface area contributed by atoms with E-state index in [4.69, 9.17) is 5.73 Å². The third kappa shape index (κ3) is 2.31. The maximum absolute atomic E-state index is 11.6. The molecule has 16 heavy (non-hydrogen) atoms. The molecule has 0 radical (unpaired) electrons. The summed E-state index contributed by atoms with van der Waals surface area (Å²) in [5, 5.41) is 0. The average molecular weight is 214 g/mol. The van der Waals surface area contributed by atoms with Crippen LogP contribution in [0.4, 0.5) is 5.69 Å². The van der Waals surface area contributed by atoms with E-state index in [1.54, 1.807) is 16.8 Å². The van der Waals surface area contributed by atoms with Crippen LogP contribution in [0.1, 0.15) is 11.1 Å². The number of anilines is 1. The second-order valence-corrected chi connectivity index (χ2v) is 3.92. The first kappa shape index (κ1) is 10.5. The first-order chi connectivity index (χ1) is 7.65. The third-order valence-electron chi connectivity index (χ3n) is 2.46. The zero-order chi connectivity index (χ0) is 11.5. The lowest BCUT2D eigenvalue weighted by Gasteiger charge is -2.06. The van der Waals surface area contributed by atoms with E-state index in [1.165, 1.54) is 11.6 Å². The van der Waals surface area contributed by atoms with Crippen molar-refractivity contribution >= 4 is 5.69 Å². The van der Waals surface area contributed by atoms with Gasteiger partial charge in [0.1, 0.15) is 0 Å². The molecule has 0 saturated carbocycles. The van der Waals surface area contributed by atoms with E-state index in [0.717, 1.165) is 5.56 Å². The number of hydrogen-bond donors (Lipinski definition) is 1. The van der Waals surface area contributed by atoms with Gasteiger partial charge in [-0.25, -0.2) is 0 Å². The molecule has 1 heterocycles. The summed E-state index contributed by atoms with van der Waals surface area (Å²) < 4.78 is 1.64.